The van der Waals surface area contributed by atoms with E-state index in [0.29, 0.717) is 17.4 Å². The number of carbonyl (C=O) groups is 3. The highest BCUT2D eigenvalue weighted by molar-refractivity contribution is 9.10. The van der Waals surface area contributed by atoms with Gasteiger partial charge in [0.05, 0.1) is 16.9 Å². The number of thiazole rings is 1. The lowest BCUT2D eigenvalue weighted by Crippen LogP contribution is -2.42. The Bertz CT molecular complexity index is 1660. The third-order valence-electron chi connectivity index (χ3n) is 9.20. The number of aliphatic carboxylic acids is 1. The van der Waals surface area contributed by atoms with Gasteiger partial charge in [-0.3, -0.25) is 24.1 Å². The first-order valence-corrected chi connectivity index (χ1v) is 16.7. The van der Waals surface area contributed by atoms with Gasteiger partial charge in [-0.1, -0.05) is 51.0 Å². The zero-order valence-electron chi connectivity index (χ0n) is 22.1. The van der Waals surface area contributed by atoms with Crippen LogP contribution in [0.1, 0.15) is 41.2 Å². The predicted molar refractivity (Wildman–Crippen MR) is 162 cm³/mol. The van der Waals surface area contributed by atoms with Crippen molar-refractivity contribution in [3.8, 4) is 5.75 Å². The maximum atomic E-state index is 13.7. The Morgan fingerprint density at radius 1 is 1.10 bits per heavy atom. The second-order valence-electron chi connectivity index (χ2n) is 11.4. The summed E-state index contributed by atoms with van der Waals surface area (Å²) in [4.78, 5) is 56.1. The molecule has 2 amide bonds. The van der Waals surface area contributed by atoms with E-state index in [1.165, 1.54) is 16.2 Å². The SMILES string of the molecule is O=C(O)CCCN1C(=O)C2C3CC(C2C1=O)C1C3Sc2[nH]c(=O)sc2[C@@H]1c1cc(Br)ccc1OCc1ccc(Cl)cc1. The first-order valence-electron chi connectivity index (χ1n) is 13.8. The first kappa shape index (κ1) is 28.2. The molecule has 218 valence electrons. The Kier molecular flexibility index (Phi) is 7.27. The second-order valence-corrected chi connectivity index (χ2v) is 14.9. The zero-order chi connectivity index (χ0) is 29.3. The Balaban J connectivity index is 1.25. The molecule has 3 heterocycles. The number of benzene rings is 2. The molecule has 2 bridgehead atoms. The topological polar surface area (TPSA) is 117 Å². The van der Waals surface area contributed by atoms with Crippen LogP contribution in [0, 0.1) is 29.6 Å². The fourth-order valence-corrected chi connectivity index (χ4v) is 11.1. The van der Waals surface area contributed by atoms with Crippen LogP contribution in [0.25, 0.3) is 0 Å². The lowest BCUT2D eigenvalue weighted by atomic mass is 9.68. The lowest BCUT2D eigenvalue weighted by Gasteiger charge is -2.43. The molecular weight excluding hydrogens is 664 g/mol. The number of thioether (sulfide) groups is 1. The van der Waals surface area contributed by atoms with Crippen molar-refractivity contribution in [3.05, 3.63) is 77.6 Å². The number of carbonyl (C=O) groups excluding carboxylic acids is 2. The van der Waals surface area contributed by atoms with Crippen LogP contribution < -0.4 is 9.61 Å². The maximum Gasteiger partial charge on any atom is 0.305 e. The van der Waals surface area contributed by atoms with Crippen molar-refractivity contribution in [2.75, 3.05) is 6.54 Å². The standard InChI is InChI=1S/C30H26BrClN2O6S2/c31-14-5-8-19(40-12-13-3-6-15(32)7-4-13)16(10-14)21-22-17-11-18(25(22)41-27-26(21)42-30(39)33-27)24-23(17)28(37)34(29(24)38)9-1-2-20(35)36/h3-8,10,17-18,21-25H,1-2,9,11-12H2,(H,33,39)(H,35,36)/t17?,18?,21-,22?,23?,24?,25?/m1/s1. The molecule has 0 radical (unpaired) electrons. The van der Waals surface area contributed by atoms with Gasteiger partial charge in [0.2, 0.25) is 11.8 Å². The number of amides is 2. The van der Waals surface area contributed by atoms with Crippen molar-refractivity contribution in [1.82, 2.24) is 9.88 Å². The Morgan fingerprint density at radius 3 is 2.57 bits per heavy atom. The average molecular weight is 690 g/mol. The largest absolute Gasteiger partial charge is 0.489 e. The van der Waals surface area contributed by atoms with E-state index in [1.54, 1.807) is 11.8 Å². The van der Waals surface area contributed by atoms with E-state index in [9.17, 15) is 19.2 Å². The van der Waals surface area contributed by atoms with Crippen LogP contribution in [0.3, 0.4) is 0 Å². The van der Waals surface area contributed by atoms with E-state index >= 15 is 0 Å². The molecule has 7 rings (SSSR count). The maximum absolute atomic E-state index is 13.7. The van der Waals surface area contributed by atoms with Gasteiger partial charge >= 0.3 is 10.8 Å². The van der Waals surface area contributed by atoms with Gasteiger partial charge in [-0.2, -0.15) is 0 Å². The summed E-state index contributed by atoms with van der Waals surface area (Å²) in [6.07, 6.45) is 0.942. The van der Waals surface area contributed by atoms with E-state index in [2.05, 4.69) is 20.9 Å². The van der Waals surface area contributed by atoms with Crippen molar-refractivity contribution in [1.29, 1.82) is 0 Å². The van der Waals surface area contributed by atoms with Crippen LogP contribution in [0.15, 0.2) is 56.8 Å². The molecule has 3 aromatic rings. The molecule has 1 saturated heterocycles. The van der Waals surface area contributed by atoms with Crippen molar-refractivity contribution in [3.63, 3.8) is 0 Å². The minimum absolute atomic E-state index is 0.000523. The van der Waals surface area contributed by atoms with E-state index in [4.69, 9.17) is 21.4 Å². The number of imide groups is 1. The summed E-state index contributed by atoms with van der Waals surface area (Å²) in [6.45, 7) is 0.476. The predicted octanol–water partition coefficient (Wildman–Crippen LogP) is 5.77. The molecule has 42 heavy (non-hydrogen) atoms. The van der Waals surface area contributed by atoms with Gasteiger partial charge in [0.25, 0.3) is 0 Å². The van der Waals surface area contributed by atoms with Crippen molar-refractivity contribution >= 4 is 68.4 Å². The van der Waals surface area contributed by atoms with Crippen LogP contribution >= 0.6 is 50.6 Å². The Labute approximate surface area is 262 Å². The van der Waals surface area contributed by atoms with E-state index in [-0.39, 0.29) is 65.0 Å². The summed E-state index contributed by atoms with van der Waals surface area (Å²) < 4.78 is 7.28. The molecule has 2 aliphatic carbocycles. The summed E-state index contributed by atoms with van der Waals surface area (Å²) in [6, 6.07) is 13.4. The molecule has 12 heteroatoms. The number of aromatic nitrogens is 1. The molecule has 6 unspecified atom stereocenters. The third kappa shape index (κ3) is 4.63. The Morgan fingerprint density at radius 2 is 1.83 bits per heavy atom. The molecule has 2 aliphatic heterocycles. The quantitative estimate of drug-likeness (QED) is 0.289. The molecular formula is C30H26BrClN2O6S2. The second kappa shape index (κ2) is 10.8. The highest BCUT2D eigenvalue weighted by Gasteiger charge is 2.69. The van der Waals surface area contributed by atoms with Gasteiger partial charge in [-0.05, 0) is 66.5 Å². The number of hydrogen-bond donors (Lipinski definition) is 2. The number of H-pyrrole nitrogens is 1. The zero-order valence-corrected chi connectivity index (χ0v) is 26.1. The summed E-state index contributed by atoms with van der Waals surface area (Å²) >= 11 is 12.5. The average Bonchev–Trinajstić information content (AvgIpc) is 3.68. The number of ether oxygens (including phenoxy) is 1. The van der Waals surface area contributed by atoms with Crippen LogP contribution in [-0.4, -0.2) is 44.6 Å². The number of nitrogens with one attached hydrogen (secondary N) is 1. The first-order chi connectivity index (χ1) is 20.2. The smallest absolute Gasteiger partial charge is 0.305 e. The van der Waals surface area contributed by atoms with Crippen molar-refractivity contribution < 1.29 is 24.2 Å². The molecule has 2 saturated carbocycles. The summed E-state index contributed by atoms with van der Waals surface area (Å²) in [5.41, 5.74) is 1.92. The summed E-state index contributed by atoms with van der Waals surface area (Å²) in [5.74, 6) is -1.57. The normalized spacial score (nSPS) is 29.0. The van der Waals surface area contributed by atoms with Gasteiger partial charge < -0.3 is 14.8 Å². The molecule has 8 nitrogen and oxygen atoms in total. The van der Waals surface area contributed by atoms with Gasteiger partial charge in [-0.15, -0.1) is 11.8 Å². The van der Waals surface area contributed by atoms with Crippen LogP contribution in [0.4, 0.5) is 0 Å². The number of fused-ring (bicyclic) bond motifs is 9. The highest BCUT2D eigenvalue weighted by Crippen LogP contribution is 2.69. The number of rotatable bonds is 8. The van der Waals surface area contributed by atoms with Gasteiger partial charge in [0.1, 0.15) is 12.4 Å². The molecule has 0 spiro atoms. The van der Waals surface area contributed by atoms with Crippen molar-refractivity contribution in [2.24, 2.45) is 29.6 Å². The van der Waals surface area contributed by atoms with Crippen LogP contribution in [0.5, 0.6) is 5.75 Å². The molecule has 4 aliphatic rings. The number of nitrogens with zero attached hydrogens (tertiary/aromatic N) is 1. The number of carboxylic acids is 1. The monoisotopic (exact) mass is 688 g/mol. The number of hydrogen-bond acceptors (Lipinski definition) is 7. The molecule has 2 N–H and O–H groups in total. The van der Waals surface area contributed by atoms with E-state index in [0.717, 1.165) is 31.9 Å². The summed E-state index contributed by atoms with van der Waals surface area (Å²) in [7, 11) is 0. The molecule has 7 atom stereocenters. The highest BCUT2D eigenvalue weighted by atomic mass is 79.9. The molecule has 1 aromatic heterocycles. The number of likely N-dealkylation sites (tertiary alicyclic amines) is 1. The fraction of sp³-hybridized carbons (Fsp3) is 0.400. The minimum Gasteiger partial charge on any atom is -0.489 e. The molecule has 2 aromatic carbocycles. The van der Waals surface area contributed by atoms with Gasteiger partial charge in [-0.25, -0.2) is 0 Å². The third-order valence-corrected chi connectivity index (χ3v) is 12.5. The van der Waals surface area contributed by atoms with Crippen molar-refractivity contribution in [2.45, 2.75) is 42.1 Å². The van der Waals surface area contributed by atoms with E-state index in [1.807, 2.05) is 42.5 Å². The van der Waals surface area contributed by atoms with Gasteiger partial charge in [0, 0.05) is 44.1 Å². The molecule has 3 fully saturated rings. The van der Waals surface area contributed by atoms with E-state index < -0.39 is 17.8 Å². The number of carboxylic acid groups (broad SMARTS) is 1. The minimum atomic E-state index is -0.942. The summed E-state index contributed by atoms with van der Waals surface area (Å²) in [5, 5.41) is 10.6. The Hall–Kier alpha value is -2.60. The number of halogens is 2. The van der Waals surface area contributed by atoms with Gasteiger partial charge in [0.15, 0.2) is 0 Å². The fourth-order valence-electron chi connectivity index (χ4n) is 7.67. The van der Waals surface area contributed by atoms with Crippen LogP contribution in [-0.2, 0) is 21.0 Å². The number of aromatic amines is 1. The van der Waals surface area contributed by atoms with Crippen LogP contribution in [0.2, 0.25) is 5.02 Å². The lowest BCUT2D eigenvalue weighted by molar-refractivity contribution is -0.142.